The van der Waals surface area contributed by atoms with Crippen LogP contribution in [0.3, 0.4) is 0 Å². The lowest BCUT2D eigenvalue weighted by atomic mass is 10.1. The first-order valence-corrected chi connectivity index (χ1v) is 8.72. The van der Waals surface area contributed by atoms with Crippen molar-refractivity contribution in [1.29, 1.82) is 0 Å². The summed E-state index contributed by atoms with van der Waals surface area (Å²) in [5.41, 5.74) is 3.79. The second kappa shape index (κ2) is 9.04. The van der Waals surface area contributed by atoms with E-state index < -0.39 is 0 Å². The molecule has 2 aromatic rings. The molecule has 2 amide bonds. The summed E-state index contributed by atoms with van der Waals surface area (Å²) in [7, 11) is 3.10. The lowest BCUT2D eigenvalue weighted by molar-refractivity contribution is 0.0600. The van der Waals surface area contributed by atoms with Crippen molar-refractivity contribution in [2.24, 2.45) is 0 Å². The van der Waals surface area contributed by atoms with E-state index in [-0.39, 0.29) is 18.0 Å². The van der Waals surface area contributed by atoms with Crippen molar-refractivity contribution in [2.45, 2.75) is 32.9 Å². The second-order valence-electron chi connectivity index (χ2n) is 6.31. The van der Waals surface area contributed by atoms with Gasteiger partial charge < -0.3 is 15.0 Å². The van der Waals surface area contributed by atoms with Gasteiger partial charge in [0.05, 0.1) is 18.7 Å². The van der Waals surface area contributed by atoms with Gasteiger partial charge in [-0.3, -0.25) is 0 Å². The fourth-order valence-corrected chi connectivity index (χ4v) is 2.63. The number of urea groups is 1. The van der Waals surface area contributed by atoms with Gasteiger partial charge in [-0.25, -0.2) is 9.59 Å². The Morgan fingerprint density at radius 1 is 1.04 bits per heavy atom. The number of esters is 1. The van der Waals surface area contributed by atoms with E-state index in [1.54, 1.807) is 24.1 Å². The predicted octanol–water partition coefficient (Wildman–Crippen LogP) is 3.94. The number of nitrogens with zero attached hydrogens (tertiary/aromatic N) is 1. The van der Waals surface area contributed by atoms with Crippen LogP contribution < -0.4 is 5.32 Å². The van der Waals surface area contributed by atoms with Crippen LogP contribution in [0.1, 0.15) is 46.9 Å². The van der Waals surface area contributed by atoms with Gasteiger partial charge in [0.15, 0.2) is 0 Å². The number of amides is 2. The van der Waals surface area contributed by atoms with Gasteiger partial charge in [-0.05, 0) is 42.2 Å². The summed E-state index contributed by atoms with van der Waals surface area (Å²) in [4.78, 5) is 25.5. The molecule has 0 bridgehead atoms. The molecule has 0 aliphatic carbocycles. The molecule has 0 aliphatic heterocycles. The SMILES string of the molecule is CCc1ccc(C(C)NC(=O)N(C)Cc2ccc(C(=O)OC)cc2)cc1. The number of hydrogen-bond acceptors (Lipinski definition) is 3. The molecule has 0 heterocycles. The lowest BCUT2D eigenvalue weighted by Gasteiger charge is -2.22. The molecule has 5 nitrogen and oxygen atoms in total. The van der Waals surface area contributed by atoms with Crippen molar-refractivity contribution < 1.29 is 14.3 Å². The van der Waals surface area contributed by atoms with E-state index in [1.807, 2.05) is 19.1 Å². The van der Waals surface area contributed by atoms with Gasteiger partial charge in [0.25, 0.3) is 0 Å². The maximum atomic E-state index is 12.4. The lowest BCUT2D eigenvalue weighted by Crippen LogP contribution is -2.38. The van der Waals surface area contributed by atoms with Gasteiger partial charge in [-0.15, -0.1) is 0 Å². The van der Waals surface area contributed by atoms with E-state index >= 15 is 0 Å². The third kappa shape index (κ3) is 5.09. The molecule has 0 saturated heterocycles. The van der Waals surface area contributed by atoms with Gasteiger partial charge in [0.2, 0.25) is 0 Å². The van der Waals surface area contributed by atoms with Crippen molar-refractivity contribution in [3.8, 4) is 0 Å². The average molecular weight is 354 g/mol. The van der Waals surface area contributed by atoms with Crippen LogP contribution in [0.15, 0.2) is 48.5 Å². The van der Waals surface area contributed by atoms with Gasteiger partial charge in [-0.2, -0.15) is 0 Å². The number of benzene rings is 2. The molecule has 0 fully saturated rings. The van der Waals surface area contributed by atoms with E-state index in [9.17, 15) is 9.59 Å². The Morgan fingerprint density at radius 2 is 1.62 bits per heavy atom. The molecule has 0 saturated carbocycles. The first-order valence-electron chi connectivity index (χ1n) is 8.72. The zero-order valence-electron chi connectivity index (χ0n) is 15.8. The minimum atomic E-state index is -0.370. The first-order chi connectivity index (χ1) is 12.4. The van der Waals surface area contributed by atoms with E-state index in [4.69, 9.17) is 0 Å². The van der Waals surface area contributed by atoms with Gasteiger partial charge in [0, 0.05) is 13.6 Å². The fourth-order valence-electron chi connectivity index (χ4n) is 2.63. The number of ether oxygens (including phenoxy) is 1. The van der Waals surface area contributed by atoms with Gasteiger partial charge in [-0.1, -0.05) is 43.3 Å². The van der Waals surface area contributed by atoms with Gasteiger partial charge in [0.1, 0.15) is 0 Å². The summed E-state index contributed by atoms with van der Waals surface area (Å²) in [6.07, 6.45) is 0.999. The topological polar surface area (TPSA) is 58.6 Å². The number of hydrogen-bond donors (Lipinski definition) is 1. The maximum Gasteiger partial charge on any atom is 0.337 e. The third-order valence-electron chi connectivity index (χ3n) is 4.37. The summed E-state index contributed by atoms with van der Waals surface area (Å²) in [6.45, 7) is 4.54. The monoisotopic (exact) mass is 354 g/mol. The molecule has 1 unspecified atom stereocenters. The minimum absolute atomic E-state index is 0.0717. The Bertz CT molecular complexity index is 739. The molecule has 2 rings (SSSR count). The molecule has 26 heavy (non-hydrogen) atoms. The summed E-state index contributed by atoms with van der Waals surface area (Å²) < 4.78 is 4.68. The Labute approximate surface area is 155 Å². The molecule has 0 aliphatic rings. The fraction of sp³-hybridized carbons (Fsp3) is 0.333. The Morgan fingerprint density at radius 3 is 2.15 bits per heavy atom. The number of carbonyl (C=O) groups is 2. The highest BCUT2D eigenvalue weighted by atomic mass is 16.5. The third-order valence-corrected chi connectivity index (χ3v) is 4.37. The maximum absolute atomic E-state index is 12.4. The highest BCUT2D eigenvalue weighted by molar-refractivity contribution is 5.89. The van der Waals surface area contributed by atoms with Crippen LogP contribution >= 0.6 is 0 Å². The highest BCUT2D eigenvalue weighted by Crippen LogP contribution is 2.15. The molecular weight excluding hydrogens is 328 g/mol. The van der Waals surface area contributed by atoms with E-state index in [1.165, 1.54) is 12.7 Å². The van der Waals surface area contributed by atoms with Crippen molar-refractivity contribution in [2.75, 3.05) is 14.2 Å². The van der Waals surface area contributed by atoms with Crippen molar-refractivity contribution in [1.82, 2.24) is 10.2 Å². The summed E-state index contributed by atoms with van der Waals surface area (Å²) >= 11 is 0. The van der Waals surface area contributed by atoms with Crippen LogP contribution in [0.2, 0.25) is 0 Å². The minimum Gasteiger partial charge on any atom is -0.465 e. The van der Waals surface area contributed by atoms with Crippen molar-refractivity contribution in [3.63, 3.8) is 0 Å². The smallest absolute Gasteiger partial charge is 0.337 e. The number of rotatable bonds is 6. The number of nitrogens with one attached hydrogen (secondary N) is 1. The average Bonchev–Trinajstić information content (AvgIpc) is 2.67. The number of carbonyl (C=O) groups excluding carboxylic acids is 2. The van der Waals surface area contributed by atoms with Crippen LogP contribution in [-0.2, 0) is 17.7 Å². The zero-order chi connectivity index (χ0) is 19.1. The van der Waals surface area contributed by atoms with Crippen molar-refractivity contribution >= 4 is 12.0 Å². The van der Waals surface area contributed by atoms with Crippen LogP contribution in [0.4, 0.5) is 4.79 Å². The molecule has 2 aromatic carbocycles. The number of methoxy groups -OCH3 is 1. The highest BCUT2D eigenvalue weighted by Gasteiger charge is 2.14. The largest absolute Gasteiger partial charge is 0.465 e. The Hall–Kier alpha value is -2.82. The Balaban J connectivity index is 1.92. The van der Waals surface area contributed by atoms with Gasteiger partial charge >= 0.3 is 12.0 Å². The van der Waals surface area contributed by atoms with Crippen molar-refractivity contribution in [3.05, 3.63) is 70.8 Å². The molecule has 1 N–H and O–H groups in total. The molecule has 138 valence electrons. The summed E-state index contributed by atoms with van der Waals surface area (Å²) in [6, 6.07) is 15.1. The van der Waals surface area contributed by atoms with Crippen LogP contribution in [0.25, 0.3) is 0 Å². The molecule has 0 spiro atoms. The normalized spacial score (nSPS) is 11.5. The predicted molar refractivity (Wildman–Crippen MR) is 102 cm³/mol. The second-order valence-corrected chi connectivity index (χ2v) is 6.31. The van der Waals surface area contributed by atoms with E-state index in [0.717, 1.165) is 17.5 Å². The van der Waals surface area contributed by atoms with Crippen LogP contribution in [0.5, 0.6) is 0 Å². The van der Waals surface area contributed by atoms with Crippen LogP contribution in [-0.4, -0.2) is 31.1 Å². The van der Waals surface area contributed by atoms with E-state index in [0.29, 0.717) is 12.1 Å². The quantitative estimate of drug-likeness (QED) is 0.800. The molecule has 0 aromatic heterocycles. The molecule has 0 radical (unpaired) electrons. The Kier molecular flexibility index (Phi) is 6.78. The molecule has 1 atom stereocenters. The van der Waals surface area contributed by atoms with Crippen LogP contribution in [0, 0.1) is 0 Å². The first kappa shape index (κ1) is 19.5. The number of aryl methyl sites for hydroxylation is 1. The standard InChI is InChI=1S/C21H26N2O3/c1-5-16-6-10-18(11-7-16)15(2)22-21(25)23(3)14-17-8-12-19(13-9-17)20(24)26-4/h6-13,15H,5,14H2,1-4H3,(H,22,25). The molecule has 5 heteroatoms. The summed E-state index contributed by atoms with van der Waals surface area (Å²) in [5.74, 6) is -0.370. The summed E-state index contributed by atoms with van der Waals surface area (Å²) in [5, 5.41) is 3.01. The van der Waals surface area contributed by atoms with E-state index in [2.05, 4.69) is 41.2 Å². The zero-order valence-corrected chi connectivity index (χ0v) is 15.8. The molecular formula is C21H26N2O3.